The van der Waals surface area contributed by atoms with Gasteiger partial charge in [-0.1, -0.05) is 13.8 Å². The Morgan fingerprint density at radius 2 is 2.00 bits per heavy atom. The van der Waals surface area contributed by atoms with Crippen molar-refractivity contribution in [2.45, 2.75) is 59.5 Å². The fourth-order valence-electron chi connectivity index (χ4n) is 2.45. The van der Waals surface area contributed by atoms with E-state index in [1.54, 1.807) is 0 Å². The highest BCUT2D eigenvalue weighted by Crippen LogP contribution is 2.35. The summed E-state index contributed by atoms with van der Waals surface area (Å²) < 4.78 is 5.22. The van der Waals surface area contributed by atoms with Gasteiger partial charge in [-0.05, 0) is 57.8 Å². The summed E-state index contributed by atoms with van der Waals surface area (Å²) in [5.74, 6) is 2.23. The van der Waals surface area contributed by atoms with Crippen molar-refractivity contribution in [2.24, 2.45) is 17.8 Å². The van der Waals surface area contributed by atoms with E-state index >= 15 is 0 Å². The van der Waals surface area contributed by atoms with Gasteiger partial charge in [0.1, 0.15) is 5.60 Å². The van der Waals surface area contributed by atoms with E-state index in [0.717, 1.165) is 18.4 Å². The van der Waals surface area contributed by atoms with Crippen molar-refractivity contribution in [3.63, 3.8) is 0 Å². The zero-order valence-corrected chi connectivity index (χ0v) is 11.9. The fraction of sp³-hybridized carbons (Fsp3) is 0.929. The van der Waals surface area contributed by atoms with Crippen molar-refractivity contribution in [2.75, 3.05) is 6.54 Å². The predicted molar refractivity (Wildman–Crippen MR) is 69.9 cm³/mol. The molecule has 3 nitrogen and oxygen atoms in total. The predicted octanol–water partition coefficient (Wildman–Crippen LogP) is 3.58. The lowest BCUT2D eigenvalue weighted by atomic mass is 9.93. The highest BCUT2D eigenvalue weighted by molar-refractivity contribution is 5.67. The summed E-state index contributed by atoms with van der Waals surface area (Å²) in [5.41, 5.74) is -0.403. The number of hydrogen-bond acceptors (Lipinski definition) is 2. The van der Waals surface area contributed by atoms with Gasteiger partial charge in [0, 0.05) is 6.54 Å². The van der Waals surface area contributed by atoms with Gasteiger partial charge in [-0.2, -0.15) is 0 Å². The molecule has 0 bridgehead atoms. The molecule has 100 valence electrons. The van der Waals surface area contributed by atoms with E-state index in [2.05, 4.69) is 19.2 Å². The summed E-state index contributed by atoms with van der Waals surface area (Å²) in [7, 11) is 0. The number of rotatable bonds is 3. The van der Waals surface area contributed by atoms with Gasteiger partial charge in [0.25, 0.3) is 0 Å². The summed E-state index contributed by atoms with van der Waals surface area (Å²) >= 11 is 0. The molecule has 1 aliphatic rings. The molecule has 0 aromatic heterocycles. The average Bonchev–Trinajstić information content (AvgIpc) is 2.60. The van der Waals surface area contributed by atoms with Crippen LogP contribution in [0.1, 0.15) is 53.9 Å². The van der Waals surface area contributed by atoms with Gasteiger partial charge in [0.05, 0.1) is 0 Å². The summed E-state index contributed by atoms with van der Waals surface area (Å²) in [6, 6.07) is 0. The molecule has 1 aliphatic carbocycles. The molecule has 0 aromatic carbocycles. The molecule has 0 spiro atoms. The Bertz CT molecular complexity index is 255. The largest absolute Gasteiger partial charge is 0.444 e. The molecule has 1 N–H and O–H groups in total. The first-order chi connectivity index (χ1) is 7.78. The summed E-state index contributed by atoms with van der Waals surface area (Å²) in [5, 5.41) is 2.88. The Kier molecular flexibility index (Phi) is 4.84. The molecule has 17 heavy (non-hydrogen) atoms. The molecule has 0 radical (unpaired) electrons. The molecule has 1 rings (SSSR count). The average molecular weight is 241 g/mol. The Morgan fingerprint density at radius 1 is 1.35 bits per heavy atom. The zero-order valence-electron chi connectivity index (χ0n) is 11.9. The Hall–Kier alpha value is -0.730. The molecule has 1 fully saturated rings. The van der Waals surface area contributed by atoms with Crippen molar-refractivity contribution in [3.05, 3.63) is 0 Å². The number of ether oxygens (including phenoxy) is 1. The third-order valence-electron chi connectivity index (χ3n) is 3.46. The topological polar surface area (TPSA) is 38.3 Å². The van der Waals surface area contributed by atoms with Gasteiger partial charge in [0.2, 0.25) is 0 Å². The monoisotopic (exact) mass is 241 g/mol. The SMILES string of the molecule is CC(C)C1CC[C@@H](CNC(=O)OC(C)(C)C)C1. The van der Waals surface area contributed by atoms with Gasteiger partial charge in [-0.15, -0.1) is 0 Å². The maximum atomic E-state index is 11.5. The smallest absolute Gasteiger partial charge is 0.407 e. The van der Waals surface area contributed by atoms with Crippen molar-refractivity contribution in [1.82, 2.24) is 5.32 Å². The van der Waals surface area contributed by atoms with Crippen LogP contribution in [0.25, 0.3) is 0 Å². The zero-order chi connectivity index (χ0) is 13.1. The third kappa shape index (κ3) is 5.42. The molecular weight excluding hydrogens is 214 g/mol. The minimum Gasteiger partial charge on any atom is -0.444 e. The highest BCUT2D eigenvalue weighted by atomic mass is 16.6. The van der Waals surface area contributed by atoms with Gasteiger partial charge >= 0.3 is 6.09 Å². The van der Waals surface area contributed by atoms with Crippen LogP contribution in [0, 0.1) is 17.8 Å². The number of nitrogens with one attached hydrogen (secondary N) is 1. The van der Waals surface area contributed by atoms with Gasteiger partial charge in [-0.3, -0.25) is 0 Å². The van der Waals surface area contributed by atoms with E-state index in [4.69, 9.17) is 4.74 Å². The Balaban J connectivity index is 2.22. The van der Waals surface area contributed by atoms with Crippen molar-refractivity contribution >= 4 is 6.09 Å². The summed E-state index contributed by atoms with van der Waals surface area (Å²) in [6.45, 7) is 11.0. The van der Waals surface area contributed by atoms with Gasteiger partial charge in [-0.25, -0.2) is 4.79 Å². The van der Waals surface area contributed by atoms with Crippen LogP contribution < -0.4 is 5.32 Å². The standard InChI is InChI=1S/C14H27NO2/c1-10(2)12-7-6-11(8-12)9-15-13(16)17-14(3,4)5/h10-12H,6-9H2,1-5H3,(H,15,16)/t11-,12?/m1/s1. The lowest BCUT2D eigenvalue weighted by Crippen LogP contribution is -2.34. The minimum absolute atomic E-state index is 0.287. The third-order valence-corrected chi connectivity index (χ3v) is 3.46. The number of amides is 1. The molecular formula is C14H27NO2. The van der Waals surface area contributed by atoms with Crippen LogP contribution >= 0.6 is 0 Å². The van der Waals surface area contributed by atoms with Crippen molar-refractivity contribution < 1.29 is 9.53 Å². The second kappa shape index (κ2) is 5.74. The minimum atomic E-state index is -0.403. The normalized spacial score (nSPS) is 25.1. The molecule has 1 amide bonds. The molecule has 0 heterocycles. The summed E-state index contributed by atoms with van der Waals surface area (Å²) in [6.07, 6.45) is 3.50. The van der Waals surface area contributed by atoms with Crippen LogP contribution in [0.2, 0.25) is 0 Å². The van der Waals surface area contributed by atoms with Crippen LogP contribution in [0.15, 0.2) is 0 Å². The van der Waals surface area contributed by atoms with Crippen LogP contribution in [0.5, 0.6) is 0 Å². The van der Waals surface area contributed by atoms with Crippen molar-refractivity contribution in [3.8, 4) is 0 Å². The quantitative estimate of drug-likeness (QED) is 0.820. The lowest BCUT2D eigenvalue weighted by molar-refractivity contribution is 0.0519. The highest BCUT2D eigenvalue weighted by Gasteiger charge is 2.27. The van der Waals surface area contributed by atoms with E-state index in [1.165, 1.54) is 19.3 Å². The van der Waals surface area contributed by atoms with Crippen LogP contribution in [-0.4, -0.2) is 18.2 Å². The molecule has 1 saturated carbocycles. The number of carbonyl (C=O) groups is 1. The molecule has 2 atom stereocenters. The van der Waals surface area contributed by atoms with E-state index in [9.17, 15) is 4.79 Å². The van der Waals surface area contributed by atoms with E-state index in [0.29, 0.717) is 5.92 Å². The van der Waals surface area contributed by atoms with Crippen LogP contribution in [-0.2, 0) is 4.74 Å². The van der Waals surface area contributed by atoms with Gasteiger partial charge < -0.3 is 10.1 Å². The first kappa shape index (κ1) is 14.3. The molecule has 3 heteroatoms. The molecule has 1 unspecified atom stereocenters. The van der Waals surface area contributed by atoms with Crippen LogP contribution in [0.4, 0.5) is 4.79 Å². The second-order valence-electron chi connectivity index (χ2n) is 6.57. The number of hydrogen-bond donors (Lipinski definition) is 1. The Labute approximate surface area is 105 Å². The number of carbonyl (C=O) groups excluding carboxylic acids is 1. The first-order valence-electron chi connectivity index (χ1n) is 6.75. The fourth-order valence-corrected chi connectivity index (χ4v) is 2.45. The van der Waals surface area contributed by atoms with Gasteiger partial charge in [0.15, 0.2) is 0 Å². The molecule has 0 saturated heterocycles. The molecule has 0 aromatic rings. The van der Waals surface area contributed by atoms with Crippen LogP contribution in [0.3, 0.4) is 0 Å². The second-order valence-corrected chi connectivity index (χ2v) is 6.57. The Morgan fingerprint density at radius 3 is 2.47 bits per heavy atom. The number of alkyl carbamates (subject to hydrolysis) is 1. The maximum absolute atomic E-state index is 11.5. The van der Waals surface area contributed by atoms with E-state index in [1.807, 2.05) is 20.8 Å². The van der Waals surface area contributed by atoms with E-state index < -0.39 is 5.60 Å². The van der Waals surface area contributed by atoms with Crippen molar-refractivity contribution in [1.29, 1.82) is 0 Å². The molecule has 0 aliphatic heterocycles. The maximum Gasteiger partial charge on any atom is 0.407 e. The summed E-state index contributed by atoms with van der Waals surface area (Å²) in [4.78, 5) is 11.5. The lowest BCUT2D eigenvalue weighted by Gasteiger charge is -2.21. The van der Waals surface area contributed by atoms with E-state index in [-0.39, 0.29) is 6.09 Å². The first-order valence-corrected chi connectivity index (χ1v) is 6.75.